The van der Waals surface area contributed by atoms with Crippen LogP contribution in [0.4, 0.5) is 10.7 Å². The molecule has 8 nitrogen and oxygen atoms in total. The highest BCUT2D eigenvalue weighted by Crippen LogP contribution is 2.22. The molecule has 0 radical (unpaired) electrons. The van der Waals surface area contributed by atoms with Crippen LogP contribution in [-0.2, 0) is 11.8 Å². The first-order chi connectivity index (χ1) is 12.0. The number of likely N-dealkylation sites (N-methyl/N-ethyl adjacent to an activating group) is 1. The number of pyridine rings is 1. The van der Waals surface area contributed by atoms with Crippen LogP contribution in [0, 0.1) is 0 Å². The van der Waals surface area contributed by atoms with Crippen LogP contribution in [0.15, 0.2) is 35.4 Å². The molecule has 2 aromatic heterocycles. The molecule has 1 amide bonds. The zero-order chi connectivity index (χ0) is 18.0. The first-order valence-electron chi connectivity index (χ1n) is 8.05. The second-order valence-corrected chi connectivity index (χ2v) is 6.04. The molecular weight excluding hydrogens is 322 g/mol. The van der Waals surface area contributed by atoms with Crippen molar-refractivity contribution in [1.29, 1.82) is 0 Å². The fraction of sp³-hybridized carbons (Fsp3) is 0.412. The lowest BCUT2D eigenvalue weighted by molar-refractivity contribution is 0.132. The third-order valence-corrected chi connectivity index (χ3v) is 4.55. The maximum Gasteiger partial charge on any atom is 0.409 e. The Morgan fingerprint density at radius 3 is 2.76 bits per heavy atom. The maximum atomic E-state index is 12.4. The lowest BCUT2D eigenvalue weighted by Crippen LogP contribution is -2.39. The number of carbonyl (C=O) groups is 1. The molecule has 25 heavy (non-hydrogen) atoms. The van der Waals surface area contributed by atoms with Crippen molar-refractivity contribution in [3.8, 4) is 11.3 Å². The van der Waals surface area contributed by atoms with E-state index in [0.717, 1.165) is 12.0 Å². The molecule has 0 bridgehead atoms. The molecule has 132 valence electrons. The monoisotopic (exact) mass is 343 g/mol. The number of nitrogens with zero attached hydrogens (tertiary/aromatic N) is 5. The molecule has 1 aliphatic heterocycles. The summed E-state index contributed by atoms with van der Waals surface area (Å²) in [7, 11) is 4.97. The van der Waals surface area contributed by atoms with Gasteiger partial charge in [0.1, 0.15) is 0 Å². The summed E-state index contributed by atoms with van der Waals surface area (Å²) in [5.74, 6) is 0.566. The first-order valence-corrected chi connectivity index (χ1v) is 8.05. The number of rotatable bonds is 3. The summed E-state index contributed by atoms with van der Waals surface area (Å²) < 4.78 is 6.30. The zero-order valence-electron chi connectivity index (χ0n) is 14.5. The number of anilines is 1. The second-order valence-electron chi connectivity index (χ2n) is 6.04. The lowest BCUT2D eigenvalue weighted by Gasteiger charge is -2.27. The van der Waals surface area contributed by atoms with Crippen LogP contribution in [0.5, 0.6) is 0 Å². The summed E-state index contributed by atoms with van der Waals surface area (Å²) in [5, 5.41) is 0. The highest BCUT2D eigenvalue weighted by atomic mass is 16.5. The topological polar surface area (TPSA) is 80.6 Å². The van der Waals surface area contributed by atoms with Gasteiger partial charge in [0.2, 0.25) is 5.95 Å². The molecule has 1 unspecified atom stereocenters. The van der Waals surface area contributed by atoms with Gasteiger partial charge >= 0.3 is 6.09 Å². The Kier molecular flexibility index (Phi) is 4.69. The molecule has 1 fully saturated rings. The van der Waals surface area contributed by atoms with Gasteiger partial charge in [-0.3, -0.25) is 14.3 Å². The van der Waals surface area contributed by atoms with Gasteiger partial charge in [0.05, 0.1) is 18.8 Å². The molecule has 1 aliphatic rings. The minimum atomic E-state index is -0.330. The number of amides is 1. The van der Waals surface area contributed by atoms with Gasteiger partial charge in [0, 0.05) is 51.2 Å². The molecule has 8 heteroatoms. The third kappa shape index (κ3) is 3.33. The molecule has 0 spiro atoms. The van der Waals surface area contributed by atoms with E-state index < -0.39 is 0 Å². The number of ether oxygens (including phenoxy) is 1. The van der Waals surface area contributed by atoms with Gasteiger partial charge in [-0.1, -0.05) is 0 Å². The van der Waals surface area contributed by atoms with Crippen molar-refractivity contribution < 1.29 is 9.53 Å². The molecule has 2 aromatic rings. The largest absolute Gasteiger partial charge is 0.453 e. The van der Waals surface area contributed by atoms with Crippen LogP contribution in [0.1, 0.15) is 6.42 Å². The van der Waals surface area contributed by atoms with E-state index >= 15 is 0 Å². The number of hydrogen-bond donors (Lipinski definition) is 0. The summed E-state index contributed by atoms with van der Waals surface area (Å²) in [4.78, 5) is 36.3. The van der Waals surface area contributed by atoms with E-state index in [1.807, 2.05) is 24.1 Å². The Bertz CT molecular complexity index is 821. The summed E-state index contributed by atoms with van der Waals surface area (Å²) in [6, 6.07) is 5.23. The van der Waals surface area contributed by atoms with Crippen molar-refractivity contribution in [3.63, 3.8) is 0 Å². The molecule has 0 aromatic carbocycles. The maximum absolute atomic E-state index is 12.4. The van der Waals surface area contributed by atoms with Crippen LogP contribution in [0.3, 0.4) is 0 Å². The van der Waals surface area contributed by atoms with Gasteiger partial charge < -0.3 is 14.5 Å². The Hall–Kier alpha value is -2.90. The summed E-state index contributed by atoms with van der Waals surface area (Å²) in [6.07, 6.45) is 3.80. The number of methoxy groups -OCH3 is 1. The van der Waals surface area contributed by atoms with Crippen molar-refractivity contribution in [2.75, 3.05) is 32.1 Å². The van der Waals surface area contributed by atoms with E-state index in [9.17, 15) is 9.59 Å². The first kappa shape index (κ1) is 16.9. The van der Waals surface area contributed by atoms with Crippen molar-refractivity contribution in [2.45, 2.75) is 12.5 Å². The van der Waals surface area contributed by atoms with Crippen molar-refractivity contribution in [3.05, 3.63) is 40.9 Å². The number of likely N-dealkylation sites (tertiary alicyclic amines) is 1. The van der Waals surface area contributed by atoms with Crippen molar-refractivity contribution in [1.82, 2.24) is 19.4 Å². The average Bonchev–Trinajstić information content (AvgIpc) is 3.13. The van der Waals surface area contributed by atoms with Crippen LogP contribution in [-0.4, -0.2) is 58.8 Å². The predicted octanol–water partition coefficient (Wildman–Crippen LogP) is 1.12. The van der Waals surface area contributed by atoms with E-state index in [4.69, 9.17) is 4.74 Å². The van der Waals surface area contributed by atoms with E-state index in [2.05, 4.69) is 9.97 Å². The van der Waals surface area contributed by atoms with Gasteiger partial charge in [0.15, 0.2) is 0 Å². The van der Waals surface area contributed by atoms with E-state index in [-0.39, 0.29) is 17.7 Å². The quantitative estimate of drug-likeness (QED) is 0.831. The fourth-order valence-corrected chi connectivity index (χ4v) is 3.03. The van der Waals surface area contributed by atoms with Crippen LogP contribution >= 0.6 is 0 Å². The SMILES string of the molecule is COC(=O)N1CCC(N(C)c2nc(-c3ccncc3)cc(=O)n2C)C1. The molecule has 3 heterocycles. The molecule has 0 N–H and O–H groups in total. The van der Waals surface area contributed by atoms with Gasteiger partial charge in [-0.2, -0.15) is 0 Å². The zero-order valence-corrected chi connectivity index (χ0v) is 14.5. The molecular formula is C17H21N5O3. The summed E-state index contributed by atoms with van der Waals surface area (Å²) in [5.41, 5.74) is 1.31. The van der Waals surface area contributed by atoms with Gasteiger partial charge in [-0.05, 0) is 18.6 Å². The minimum Gasteiger partial charge on any atom is -0.453 e. The average molecular weight is 343 g/mol. The number of aromatic nitrogens is 3. The number of hydrogen-bond acceptors (Lipinski definition) is 6. The Morgan fingerprint density at radius 2 is 2.08 bits per heavy atom. The van der Waals surface area contributed by atoms with Gasteiger partial charge in [-0.25, -0.2) is 9.78 Å². The highest BCUT2D eigenvalue weighted by molar-refractivity contribution is 5.68. The second kappa shape index (κ2) is 6.92. The highest BCUT2D eigenvalue weighted by Gasteiger charge is 2.31. The smallest absolute Gasteiger partial charge is 0.409 e. The van der Waals surface area contributed by atoms with Crippen molar-refractivity contribution in [2.24, 2.45) is 7.05 Å². The van der Waals surface area contributed by atoms with Crippen LogP contribution in [0.25, 0.3) is 11.3 Å². The fourth-order valence-electron chi connectivity index (χ4n) is 3.03. The Labute approximate surface area is 145 Å². The standard InChI is InChI=1S/C17H21N5O3/c1-20(13-6-9-22(11-13)17(24)25-3)16-19-14(10-15(23)21(16)2)12-4-7-18-8-5-12/h4-5,7-8,10,13H,6,9,11H2,1-3H3. The molecule has 1 atom stereocenters. The Balaban J connectivity index is 1.90. The normalized spacial score (nSPS) is 16.8. The van der Waals surface area contributed by atoms with Crippen LogP contribution in [0.2, 0.25) is 0 Å². The van der Waals surface area contributed by atoms with E-state index in [0.29, 0.717) is 24.7 Å². The Morgan fingerprint density at radius 1 is 1.36 bits per heavy atom. The lowest BCUT2D eigenvalue weighted by atomic mass is 10.2. The minimum absolute atomic E-state index is 0.0740. The molecule has 1 saturated heterocycles. The molecule has 0 aliphatic carbocycles. The van der Waals surface area contributed by atoms with E-state index in [1.54, 1.807) is 24.3 Å². The van der Waals surface area contributed by atoms with E-state index in [1.165, 1.54) is 17.7 Å². The predicted molar refractivity (Wildman–Crippen MR) is 93.5 cm³/mol. The summed E-state index contributed by atoms with van der Waals surface area (Å²) in [6.45, 7) is 1.16. The van der Waals surface area contributed by atoms with Gasteiger partial charge in [0.25, 0.3) is 5.56 Å². The molecule has 3 rings (SSSR count). The van der Waals surface area contributed by atoms with Gasteiger partial charge in [-0.15, -0.1) is 0 Å². The van der Waals surface area contributed by atoms with Crippen LogP contribution < -0.4 is 10.5 Å². The third-order valence-electron chi connectivity index (χ3n) is 4.55. The molecule has 0 saturated carbocycles. The van der Waals surface area contributed by atoms with Crippen molar-refractivity contribution >= 4 is 12.0 Å². The number of carbonyl (C=O) groups excluding carboxylic acids is 1. The summed E-state index contributed by atoms with van der Waals surface area (Å²) >= 11 is 0.